The van der Waals surface area contributed by atoms with Gasteiger partial charge in [-0.3, -0.25) is 0 Å². The highest BCUT2D eigenvalue weighted by Gasteiger charge is 2.11. The van der Waals surface area contributed by atoms with Crippen molar-refractivity contribution in [3.05, 3.63) is 23.8 Å². The summed E-state index contributed by atoms with van der Waals surface area (Å²) >= 11 is 0. The molecule has 4 N–H and O–H groups in total. The van der Waals surface area contributed by atoms with Crippen LogP contribution < -0.4 is 10.6 Å². The van der Waals surface area contributed by atoms with Crippen molar-refractivity contribution in [3.8, 4) is 5.75 Å². The van der Waals surface area contributed by atoms with Crippen molar-refractivity contribution in [1.29, 1.82) is 0 Å². The second kappa shape index (κ2) is 7.37. The van der Waals surface area contributed by atoms with Crippen LogP contribution in [0.2, 0.25) is 0 Å². The van der Waals surface area contributed by atoms with Crippen LogP contribution in [0.3, 0.4) is 0 Å². The van der Waals surface area contributed by atoms with E-state index in [2.05, 4.69) is 24.5 Å². The average Bonchev–Trinajstić information content (AvgIpc) is 2.42. The molecule has 0 bridgehead atoms. The first-order valence-electron chi connectivity index (χ1n) is 6.59. The fourth-order valence-corrected chi connectivity index (χ4v) is 1.75. The molecule has 2 amide bonds. The third kappa shape index (κ3) is 4.46. The fraction of sp³-hybridized carbons (Fsp3) is 0.429. The largest absolute Gasteiger partial charge is 0.506 e. The number of nitrogens with one attached hydrogen (secondary N) is 2. The molecule has 0 unspecified atom stereocenters. The molecule has 0 aromatic heterocycles. The van der Waals surface area contributed by atoms with Gasteiger partial charge in [0.05, 0.1) is 11.3 Å². The van der Waals surface area contributed by atoms with Gasteiger partial charge in [0.25, 0.3) is 0 Å². The number of carbonyl (C=O) groups excluding carboxylic acids is 1. The third-order valence-electron chi connectivity index (χ3n) is 3.20. The molecule has 0 saturated heterocycles. The van der Waals surface area contributed by atoms with E-state index in [-0.39, 0.29) is 17.0 Å². The van der Waals surface area contributed by atoms with Gasteiger partial charge in [-0.05, 0) is 24.1 Å². The van der Waals surface area contributed by atoms with Gasteiger partial charge in [0.15, 0.2) is 0 Å². The molecule has 0 aliphatic carbocycles. The predicted molar refractivity (Wildman–Crippen MR) is 76.2 cm³/mol. The van der Waals surface area contributed by atoms with E-state index in [4.69, 9.17) is 5.11 Å². The maximum Gasteiger partial charge on any atom is 0.335 e. The SMILES string of the molecule is CCC(CC)CNC(=O)Nc1ccc(C(=O)O)cc1O. The second-order valence-electron chi connectivity index (χ2n) is 4.55. The van der Waals surface area contributed by atoms with Crippen molar-refractivity contribution in [2.75, 3.05) is 11.9 Å². The number of carbonyl (C=O) groups is 2. The number of urea groups is 1. The van der Waals surface area contributed by atoms with E-state index in [1.165, 1.54) is 12.1 Å². The lowest BCUT2D eigenvalue weighted by Gasteiger charge is -2.14. The van der Waals surface area contributed by atoms with Crippen LogP contribution in [0.4, 0.5) is 10.5 Å². The maximum atomic E-state index is 11.7. The van der Waals surface area contributed by atoms with E-state index in [1.54, 1.807) is 0 Å². The highest BCUT2D eigenvalue weighted by molar-refractivity contribution is 5.93. The molecule has 110 valence electrons. The van der Waals surface area contributed by atoms with E-state index in [0.717, 1.165) is 18.9 Å². The average molecular weight is 280 g/mol. The fourth-order valence-electron chi connectivity index (χ4n) is 1.75. The Bertz CT molecular complexity index is 484. The minimum Gasteiger partial charge on any atom is -0.506 e. The van der Waals surface area contributed by atoms with Crippen molar-refractivity contribution in [2.24, 2.45) is 5.92 Å². The van der Waals surface area contributed by atoms with Crippen molar-refractivity contribution < 1.29 is 19.8 Å². The molecule has 0 aliphatic heterocycles. The molecular weight excluding hydrogens is 260 g/mol. The number of hydrogen-bond acceptors (Lipinski definition) is 3. The zero-order chi connectivity index (χ0) is 15.1. The Hall–Kier alpha value is -2.24. The second-order valence-corrected chi connectivity index (χ2v) is 4.55. The third-order valence-corrected chi connectivity index (χ3v) is 3.20. The Balaban J connectivity index is 2.60. The normalized spacial score (nSPS) is 10.3. The van der Waals surface area contributed by atoms with Gasteiger partial charge in [0.1, 0.15) is 5.75 Å². The Labute approximate surface area is 117 Å². The molecule has 0 aliphatic rings. The number of anilines is 1. The van der Waals surface area contributed by atoms with E-state index >= 15 is 0 Å². The van der Waals surface area contributed by atoms with Crippen molar-refractivity contribution >= 4 is 17.7 Å². The summed E-state index contributed by atoms with van der Waals surface area (Å²) in [6.07, 6.45) is 1.96. The lowest BCUT2D eigenvalue weighted by molar-refractivity contribution is 0.0696. The van der Waals surface area contributed by atoms with Gasteiger partial charge in [0.2, 0.25) is 0 Å². The molecule has 0 radical (unpaired) electrons. The van der Waals surface area contributed by atoms with Crippen LogP contribution in [0.5, 0.6) is 5.75 Å². The standard InChI is InChI=1S/C14H20N2O4/c1-3-9(4-2)8-15-14(20)16-11-6-5-10(13(18)19)7-12(11)17/h5-7,9,17H,3-4,8H2,1-2H3,(H,18,19)(H2,15,16,20). The number of amides is 2. The summed E-state index contributed by atoms with van der Waals surface area (Å²) in [7, 11) is 0. The topological polar surface area (TPSA) is 98.7 Å². The summed E-state index contributed by atoms with van der Waals surface area (Å²) in [6, 6.07) is 3.35. The van der Waals surface area contributed by atoms with Gasteiger partial charge < -0.3 is 20.8 Å². The molecule has 0 atom stereocenters. The molecule has 1 aromatic rings. The Kier molecular flexibility index (Phi) is 5.83. The summed E-state index contributed by atoms with van der Waals surface area (Å²) in [5.41, 5.74) is 0.141. The van der Waals surface area contributed by atoms with Gasteiger partial charge in [-0.25, -0.2) is 9.59 Å². The number of carboxylic acid groups (broad SMARTS) is 1. The lowest BCUT2D eigenvalue weighted by atomic mass is 10.0. The quantitative estimate of drug-likeness (QED) is 0.602. The summed E-state index contributed by atoms with van der Waals surface area (Å²) in [5, 5.41) is 23.6. The van der Waals surface area contributed by atoms with E-state index < -0.39 is 12.0 Å². The molecule has 0 heterocycles. The van der Waals surface area contributed by atoms with Gasteiger partial charge >= 0.3 is 12.0 Å². The molecule has 1 rings (SSSR count). The van der Waals surface area contributed by atoms with Crippen LogP contribution in [0.25, 0.3) is 0 Å². The molecule has 0 fully saturated rings. The van der Waals surface area contributed by atoms with E-state index in [0.29, 0.717) is 12.5 Å². The summed E-state index contributed by atoms with van der Waals surface area (Å²) < 4.78 is 0. The summed E-state index contributed by atoms with van der Waals surface area (Å²) in [6.45, 7) is 4.68. The van der Waals surface area contributed by atoms with Crippen LogP contribution in [-0.4, -0.2) is 28.8 Å². The maximum absolute atomic E-state index is 11.7. The molecule has 1 aromatic carbocycles. The van der Waals surface area contributed by atoms with E-state index in [9.17, 15) is 14.7 Å². The minimum atomic E-state index is -1.13. The smallest absolute Gasteiger partial charge is 0.335 e. The van der Waals surface area contributed by atoms with Gasteiger partial charge in [-0.2, -0.15) is 0 Å². The van der Waals surface area contributed by atoms with Crippen molar-refractivity contribution in [3.63, 3.8) is 0 Å². The Morgan fingerprint density at radius 3 is 2.40 bits per heavy atom. The first kappa shape index (κ1) is 15.8. The molecule has 0 spiro atoms. The van der Waals surface area contributed by atoms with Crippen LogP contribution in [0, 0.1) is 5.92 Å². The van der Waals surface area contributed by atoms with Gasteiger partial charge in [-0.15, -0.1) is 0 Å². The highest BCUT2D eigenvalue weighted by Crippen LogP contribution is 2.24. The number of phenols is 1. The number of aromatic carboxylic acids is 1. The minimum absolute atomic E-state index is 0.0366. The van der Waals surface area contributed by atoms with Crippen molar-refractivity contribution in [2.45, 2.75) is 26.7 Å². The molecular formula is C14H20N2O4. The predicted octanol–water partition coefficient (Wildman–Crippen LogP) is 2.65. The Morgan fingerprint density at radius 2 is 1.90 bits per heavy atom. The Morgan fingerprint density at radius 1 is 1.25 bits per heavy atom. The zero-order valence-electron chi connectivity index (χ0n) is 11.6. The number of hydrogen-bond donors (Lipinski definition) is 4. The van der Waals surface area contributed by atoms with E-state index in [1.807, 2.05) is 0 Å². The van der Waals surface area contributed by atoms with Crippen LogP contribution in [0.1, 0.15) is 37.0 Å². The molecule has 0 saturated carbocycles. The first-order chi connectivity index (χ1) is 9.47. The number of phenolic OH excluding ortho intramolecular Hbond substituents is 1. The summed E-state index contributed by atoms with van der Waals surface area (Å²) in [5.74, 6) is -0.989. The van der Waals surface area contributed by atoms with Crippen LogP contribution in [0.15, 0.2) is 18.2 Å². The number of aromatic hydroxyl groups is 1. The lowest BCUT2D eigenvalue weighted by Crippen LogP contribution is -2.32. The number of benzene rings is 1. The first-order valence-corrected chi connectivity index (χ1v) is 6.59. The molecule has 6 nitrogen and oxygen atoms in total. The highest BCUT2D eigenvalue weighted by atomic mass is 16.4. The zero-order valence-corrected chi connectivity index (χ0v) is 11.6. The monoisotopic (exact) mass is 280 g/mol. The van der Waals surface area contributed by atoms with Crippen LogP contribution in [-0.2, 0) is 0 Å². The number of carboxylic acids is 1. The number of rotatable bonds is 6. The molecule has 20 heavy (non-hydrogen) atoms. The van der Waals surface area contributed by atoms with Crippen molar-refractivity contribution in [1.82, 2.24) is 5.32 Å². The molecule has 6 heteroatoms. The van der Waals surface area contributed by atoms with Crippen LogP contribution >= 0.6 is 0 Å². The van der Waals surface area contributed by atoms with Gasteiger partial charge in [0, 0.05) is 6.54 Å². The van der Waals surface area contributed by atoms with Gasteiger partial charge in [-0.1, -0.05) is 26.7 Å². The summed E-state index contributed by atoms with van der Waals surface area (Å²) in [4.78, 5) is 22.4.